The standard InChI is InChI=1S/C13H19N3O7/c1-6-3-16(13(21)15-11(6)20)12-10(22-5-8(18)14-2)9(19)7(4-17)23-12/h3,6-7,9-10,12,17,19H,4-5H2,1-2H3,(H-,14,15,18,20,21)/p+1/t6?,7-,9?,10+,12-/m1/s1. The molecule has 23 heavy (non-hydrogen) atoms. The third-order valence-electron chi connectivity index (χ3n) is 3.72. The monoisotopic (exact) mass is 330 g/mol. The molecule has 0 aliphatic carbocycles. The Morgan fingerprint density at radius 2 is 2.22 bits per heavy atom. The molecule has 4 N–H and O–H groups in total. The van der Waals surface area contributed by atoms with Crippen LogP contribution in [0.4, 0.5) is 4.79 Å². The number of hydrogen-bond acceptors (Lipinski definition) is 7. The van der Waals surface area contributed by atoms with Gasteiger partial charge in [-0.15, -0.1) is 0 Å². The van der Waals surface area contributed by atoms with Crippen LogP contribution in [0, 0.1) is 5.92 Å². The molecule has 2 aliphatic heterocycles. The molecule has 2 heterocycles. The van der Waals surface area contributed by atoms with Crippen LogP contribution in [0.2, 0.25) is 0 Å². The highest BCUT2D eigenvalue weighted by Crippen LogP contribution is 2.25. The molecule has 10 nitrogen and oxygen atoms in total. The first kappa shape index (κ1) is 17.5. The van der Waals surface area contributed by atoms with Crippen molar-refractivity contribution in [1.82, 2.24) is 10.6 Å². The largest absolute Gasteiger partial charge is 0.500 e. The number of nitrogens with zero attached hydrogens (tertiary/aromatic N) is 1. The summed E-state index contributed by atoms with van der Waals surface area (Å²) in [7, 11) is 1.43. The van der Waals surface area contributed by atoms with Crippen molar-refractivity contribution in [2.24, 2.45) is 5.92 Å². The lowest BCUT2D eigenvalue weighted by molar-refractivity contribution is -0.537. The van der Waals surface area contributed by atoms with Crippen molar-refractivity contribution < 1.29 is 38.6 Å². The van der Waals surface area contributed by atoms with Gasteiger partial charge in [0, 0.05) is 7.05 Å². The SMILES string of the molecule is CNC(=O)CO[C@H]1C(O)[C@@H](CO)O[C@H]1[N+]1=CC(C)C(=O)NC1=O. The summed E-state index contributed by atoms with van der Waals surface area (Å²) in [6, 6.07) is -0.725. The van der Waals surface area contributed by atoms with Gasteiger partial charge in [0.15, 0.2) is 6.10 Å². The topological polar surface area (TPSA) is 137 Å². The van der Waals surface area contributed by atoms with Gasteiger partial charge in [-0.2, -0.15) is 14.7 Å². The predicted molar refractivity (Wildman–Crippen MR) is 74.6 cm³/mol. The number of urea groups is 1. The lowest BCUT2D eigenvalue weighted by Crippen LogP contribution is -2.54. The van der Waals surface area contributed by atoms with Crippen LogP contribution < -0.4 is 10.6 Å². The van der Waals surface area contributed by atoms with E-state index in [0.717, 1.165) is 4.58 Å². The van der Waals surface area contributed by atoms with Gasteiger partial charge in [-0.1, -0.05) is 0 Å². The molecule has 0 bridgehead atoms. The number of aliphatic hydroxyl groups excluding tert-OH is 2. The van der Waals surface area contributed by atoms with Crippen LogP contribution in [-0.4, -0.2) is 83.6 Å². The molecule has 2 unspecified atom stereocenters. The summed E-state index contributed by atoms with van der Waals surface area (Å²) in [4.78, 5) is 34.8. The molecule has 0 saturated carbocycles. The minimum atomic E-state index is -1.23. The minimum absolute atomic E-state index is 0.347. The summed E-state index contributed by atoms with van der Waals surface area (Å²) in [6.45, 7) is 0.756. The van der Waals surface area contributed by atoms with Crippen molar-refractivity contribution in [3.63, 3.8) is 0 Å². The summed E-state index contributed by atoms with van der Waals surface area (Å²) in [5.41, 5.74) is 0. The maximum Gasteiger partial charge on any atom is 0.500 e. The fraction of sp³-hybridized carbons (Fsp3) is 0.692. The number of carbonyl (C=O) groups excluding carboxylic acids is 3. The van der Waals surface area contributed by atoms with E-state index < -0.39 is 54.9 Å². The smallest absolute Gasteiger partial charge is 0.394 e. The van der Waals surface area contributed by atoms with E-state index in [9.17, 15) is 24.6 Å². The number of carbonyl (C=O) groups is 3. The number of amides is 4. The maximum atomic E-state index is 12.0. The second-order valence-corrected chi connectivity index (χ2v) is 5.33. The Balaban J connectivity index is 2.22. The summed E-state index contributed by atoms with van der Waals surface area (Å²) in [5, 5.41) is 23.9. The second kappa shape index (κ2) is 7.13. The van der Waals surface area contributed by atoms with Gasteiger partial charge in [-0.3, -0.25) is 4.79 Å². The normalized spacial score (nSPS) is 34.1. The Bertz CT molecular complexity index is 536. The van der Waals surface area contributed by atoms with Crippen LogP contribution in [0.5, 0.6) is 0 Å². The van der Waals surface area contributed by atoms with Crippen LogP contribution >= 0.6 is 0 Å². The molecule has 1 saturated heterocycles. The van der Waals surface area contributed by atoms with Gasteiger partial charge >= 0.3 is 11.9 Å². The number of imide groups is 1. The van der Waals surface area contributed by atoms with Gasteiger partial charge in [-0.25, -0.2) is 4.79 Å². The van der Waals surface area contributed by atoms with Crippen LogP contribution in [-0.2, 0) is 19.1 Å². The third-order valence-corrected chi connectivity index (χ3v) is 3.72. The fourth-order valence-electron chi connectivity index (χ4n) is 2.38. The molecule has 2 rings (SSSR count). The van der Waals surface area contributed by atoms with Crippen LogP contribution in [0.15, 0.2) is 0 Å². The molecular weight excluding hydrogens is 310 g/mol. The number of likely N-dealkylation sites (N-methyl/N-ethyl adjacent to an activating group) is 1. The second-order valence-electron chi connectivity index (χ2n) is 5.33. The van der Waals surface area contributed by atoms with Gasteiger partial charge < -0.3 is 25.0 Å². The summed E-state index contributed by atoms with van der Waals surface area (Å²) in [5.74, 6) is -1.45. The average Bonchev–Trinajstić information content (AvgIpc) is 2.84. The Kier molecular flexibility index (Phi) is 5.42. The van der Waals surface area contributed by atoms with Gasteiger partial charge in [0.1, 0.15) is 24.7 Å². The zero-order valence-corrected chi connectivity index (χ0v) is 12.8. The molecular formula is C13H20N3O7+. The molecule has 128 valence electrons. The van der Waals surface area contributed by atoms with Crippen molar-refractivity contribution in [2.75, 3.05) is 20.3 Å². The molecule has 0 radical (unpaired) electrons. The van der Waals surface area contributed by atoms with Crippen molar-refractivity contribution in [3.8, 4) is 0 Å². The zero-order chi connectivity index (χ0) is 17.1. The first-order chi connectivity index (χ1) is 10.9. The molecule has 2 aliphatic rings. The molecule has 0 aromatic carbocycles. The lowest BCUT2D eigenvalue weighted by atomic mass is 10.1. The quantitative estimate of drug-likeness (QED) is 0.399. The van der Waals surface area contributed by atoms with E-state index in [2.05, 4.69) is 10.6 Å². The van der Waals surface area contributed by atoms with Gasteiger partial charge in [-0.05, 0) is 6.92 Å². The maximum absolute atomic E-state index is 12.0. The summed E-state index contributed by atoms with van der Waals surface area (Å²) >= 11 is 0. The van der Waals surface area contributed by atoms with E-state index in [0.29, 0.717) is 0 Å². The van der Waals surface area contributed by atoms with Crippen LogP contribution in [0.25, 0.3) is 0 Å². The zero-order valence-electron chi connectivity index (χ0n) is 12.8. The van der Waals surface area contributed by atoms with Gasteiger partial charge in [0.25, 0.3) is 0 Å². The van der Waals surface area contributed by atoms with E-state index in [-0.39, 0.29) is 6.61 Å². The van der Waals surface area contributed by atoms with Crippen molar-refractivity contribution in [3.05, 3.63) is 0 Å². The highest BCUT2D eigenvalue weighted by atomic mass is 16.6. The number of nitrogens with one attached hydrogen (secondary N) is 2. The molecule has 0 aromatic heterocycles. The van der Waals surface area contributed by atoms with E-state index in [1.54, 1.807) is 6.92 Å². The molecule has 0 spiro atoms. The van der Waals surface area contributed by atoms with Crippen molar-refractivity contribution in [1.29, 1.82) is 0 Å². The van der Waals surface area contributed by atoms with Crippen molar-refractivity contribution in [2.45, 2.75) is 31.5 Å². The Morgan fingerprint density at radius 1 is 1.52 bits per heavy atom. The number of aliphatic hydroxyl groups is 2. The average molecular weight is 330 g/mol. The molecule has 1 fully saturated rings. The van der Waals surface area contributed by atoms with Gasteiger partial charge in [0.05, 0.1) is 12.8 Å². The predicted octanol–water partition coefficient (Wildman–Crippen LogP) is -2.84. The molecule has 0 aromatic rings. The number of rotatable bonds is 5. The first-order valence-electron chi connectivity index (χ1n) is 7.13. The number of hydrogen-bond donors (Lipinski definition) is 4. The summed E-state index contributed by atoms with van der Waals surface area (Å²) < 4.78 is 11.9. The molecule has 4 amide bonds. The highest BCUT2D eigenvalue weighted by Gasteiger charge is 2.51. The highest BCUT2D eigenvalue weighted by molar-refractivity contribution is 6.03. The van der Waals surface area contributed by atoms with E-state index in [1.807, 2.05) is 0 Å². The lowest BCUT2D eigenvalue weighted by Gasteiger charge is -2.22. The molecule has 5 atom stereocenters. The molecule has 10 heteroatoms. The van der Waals surface area contributed by atoms with Crippen LogP contribution in [0.1, 0.15) is 6.92 Å². The van der Waals surface area contributed by atoms with Crippen LogP contribution in [0.3, 0.4) is 0 Å². The van der Waals surface area contributed by atoms with E-state index in [1.165, 1.54) is 13.3 Å². The van der Waals surface area contributed by atoms with E-state index in [4.69, 9.17) is 9.47 Å². The minimum Gasteiger partial charge on any atom is -0.394 e. The Labute approximate surface area is 132 Å². The van der Waals surface area contributed by atoms with Crippen molar-refractivity contribution >= 4 is 24.1 Å². The summed E-state index contributed by atoms with van der Waals surface area (Å²) in [6.07, 6.45) is -2.96. The van der Waals surface area contributed by atoms with Gasteiger partial charge in [0.2, 0.25) is 12.1 Å². The third kappa shape index (κ3) is 3.55. The first-order valence-corrected chi connectivity index (χ1v) is 7.13. The van der Waals surface area contributed by atoms with E-state index >= 15 is 0 Å². The Morgan fingerprint density at radius 3 is 2.83 bits per heavy atom. The Hall–Kier alpha value is -1.88. The fourth-order valence-corrected chi connectivity index (χ4v) is 2.38. The number of ether oxygens (including phenoxy) is 2.